The molecule has 0 aliphatic rings. The Balaban J connectivity index is 2.27. The minimum absolute atomic E-state index is 0.00143. The highest BCUT2D eigenvalue weighted by molar-refractivity contribution is 6.01. The predicted molar refractivity (Wildman–Crippen MR) is 103 cm³/mol. The van der Waals surface area contributed by atoms with E-state index in [0.29, 0.717) is 22.3 Å². The molecular weight excluding hydrogens is 342 g/mol. The van der Waals surface area contributed by atoms with Gasteiger partial charge >= 0.3 is 0 Å². The third-order valence-electron chi connectivity index (χ3n) is 4.44. The van der Waals surface area contributed by atoms with Crippen LogP contribution in [0.4, 0.5) is 0 Å². The molecule has 0 saturated carbocycles. The molecule has 7 nitrogen and oxygen atoms in total. The number of para-hydroxylation sites is 1. The van der Waals surface area contributed by atoms with Gasteiger partial charge < -0.3 is 5.32 Å². The zero-order valence-electron chi connectivity index (χ0n) is 15.6. The first-order valence-corrected chi connectivity index (χ1v) is 8.41. The molecule has 0 bridgehead atoms. The molecule has 7 heteroatoms. The summed E-state index contributed by atoms with van der Waals surface area (Å²) in [4.78, 5) is 29.4. The number of carbonyl (C=O) groups excluding carboxylic acids is 1. The maximum absolute atomic E-state index is 13.1. The summed E-state index contributed by atoms with van der Waals surface area (Å²) in [5.74, 6) is 0.0888. The lowest BCUT2D eigenvalue weighted by molar-refractivity contribution is -0.116. The number of nitrogens with one attached hydrogen (secondary N) is 1. The van der Waals surface area contributed by atoms with Crippen LogP contribution in [-0.4, -0.2) is 27.3 Å². The first-order valence-electron chi connectivity index (χ1n) is 8.41. The lowest BCUT2D eigenvalue weighted by Crippen LogP contribution is -2.30. The summed E-state index contributed by atoms with van der Waals surface area (Å²) in [5.41, 5.74) is 2.67. The van der Waals surface area contributed by atoms with Crippen LogP contribution >= 0.6 is 0 Å². The van der Waals surface area contributed by atoms with Crippen molar-refractivity contribution in [3.05, 3.63) is 69.0 Å². The van der Waals surface area contributed by atoms with Crippen molar-refractivity contribution in [2.75, 3.05) is 7.05 Å². The second kappa shape index (κ2) is 6.92. The highest BCUT2D eigenvalue weighted by Crippen LogP contribution is 2.19. The second-order valence-electron chi connectivity index (χ2n) is 6.18. The van der Waals surface area contributed by atoms with Gasteiger partial charge in [-0.15, -0.1) is 0 Å². The molecule has 0 aliphatic carbocycles. The van der Waals surface area contributed by atoms with Gasteiger partial charge in [-0.3, -0.25) is 14.3 Å². The Morgan fingerprint density at radius 3 is 2.59 bits per heavy atom. The fraction of sp³-hybridized carbons (Fsp3) is 0.200. The zero-order valence-corrected chi connectivity index (χ0v) is 15.6. The van der Waals surface area contributed by atoms with Gasteiger partial charge in [0.2, 0.25) is 0 Å². The van der Waals surface area contributed by atoms with E-state index >= 15 is 0 Å². The summed E-state index contributed by atoms with van der Waals surface area (Å²) >= 11 is 0. The van der Waals surface area contributed by atoms with Crippen LogP contribution in [0.2, 0.25) is 0 Å². The number of carbonyl (C=O) groups is 1. The van der Waals surface area contributed by atoms with E-state index in [9.17, 15) is 14.9 Å². The monoisotopic (exact) mass is 361 g/mol. The SMILES string of the molecule is CNC(=O)C(C#N)=Cc1cc(C)n(-n2c(C)nc3ccccc3c2=O)c1C. The highest BCUT2D eigenvalue weighted by Gasteiger charge is 2.16. The van der Waals surface area contributed by atoms with Gasteiger partial charge in [-0.2, -0.15) is 9.94 Å². The summed E-state index contributed by atoms with van der Waals surface area (Å²) in [6, 6.07) is 10.9. The topological polar surface area (TPSA) is 92.7 Å². The molecule has 0 atom stereocenters. The molecule has 2 heterocycles. The fourth-order valence-corrected chi connectivity index (χ4v) is 3.14. The van der Waals surface area contributed by atoms with Crippen LogP contribution in [0.3, 0.4) is 0 Å². The molecule has 0 aliphatic heterocycles. The van der Waals surface area contributed by atoms with E-state index in [0.717, 1.165) is 11.4 Å². The standard InChI is InChI=1S/C20H19N5O2/c1-12-9-15(10-16(11-21)19(26)22-4)13(2)24(12)25-14(3)23-18-8-6-5-7-17(18)20(25)27/h5-10H,1-4H3,(H,22,26). The van der Waals surface area contributed by atoms with Gasteiger partial charge in [0.25, 0.3) is 11.5 Å². The van der Waals surface area contributed by atoms with E-state index in [4.69, 9.17) is 0 Å². The summed E-state index contributed by atoms with van der Waals surface area (Å²) < 4.78 is 3.26. The van der Waals surface area contributed by atoms with Gasteiger partial charge in [-0.1, -0.05) is 12.1 Å². The fourth-order valence-electron chi connectivity index (χ4n) is 3.14. The first kappa shape index (κ1) is 18.1. The van der Waals surface area contributed by atoms with Gasteiger partial charge in [0.15, 0.2) is 0 Å². The van der Waals surface area contributed by atoms with Crippen LogP contribution in [0.25, 0.3) is 17.0 Å². The number of hydrogen-bond acceptors (Lipinski definition) is 4. The van der Waals surface area contributed by atoms with Gasteiger partial charge in [0, 0.05) is 18.4 Å². The zero-order chi connectivity index (χ0) is 19.7. The van der Waals surface area contributed by atoms with Crippen LogP contribution in [-0.2, 0) is 4.79 Å². The van der Waals surface area contributed by atoms with E-state index in [1.54, 1.807) is 29.8 Å². The molecule has 0 fully saturated rings. The molecule has 3 rings (SSSR count). The quantitative estimate of drug-likeness (QED) is 0.571. The van der Waals surface area contributed by atoms with Crippen LogP contribution in [0.15, 0.2) is 40.7 Å². The summed E-state index contributed by atoms with van der Waals surface area (Å²) in [6.07, 6.45) is 1.52. The average molecular weight is 361 g/mol. The average Bonchev–Trinajstić information content (AvgIpc) is 2.93. The molecule has 1 N–H and O–H groups in total. The molecule has 1 aromatic carbocycles. The number of aryl methyl sites for hydroxylation is 2. The smallest absolute Gasteiger partial charge is 0.280 e. The maximum Gasteiger partial charge on any atom is 0.280 e. The van der Waals surface area contributed by atoms with E-state index in [2.05, 4.69) is 10.3 Å². The number of amides is 1. The molecule has 0 radical (unpaired) electrons. The predicted octanol–water partition coefficient (Wildman–Crippen LogP) is 2.09. The number of hydrogen-bond donors (Lipinski definition) is 1. The van der Waals surface area contributed by atoms with Crippen LogP contribution in [0.5, 0.6) is 0 Å². The van der Waals surface area contributed by atoms with Gasteiger partial charge in [0.05, 0.1) is 10.9 Å². The number of fused-ring (bicyclic) bond motifs is 1. The Hall–Kier alpha value is -3.66. The van der Waals surface area contributed by atoms with Crippen molar-refractivity contribution in [1.82, 2.24) is 19.7 Å². The van der Waals surface area contributed by atoms with Crippen LogP contribution in [0.1, 0.15) is 22.8 Å². The van der Waals surface area contributed by atoms with E-state index < -0.39 is 5.91 Å². The Kier molecular flexibility index (Phi) is 4.65. The van der Waals surface area contributed by atoms with Gasteiger partial charge in [-0.25, -0.2) is 4.98 Å². The van der Waals surface area contributed by atoms with E-state index in [-0.39, 0.29) is 11.1 Å². The van der Waals surface area contributed by atoms with Crippen molar-refractivity contribution >= 4 is 22.9 Å². The van der Waals surface area contributed by atoms with Gasteiger partial charge in [-0.05, 0) is 50.6 Å². The number of rotatable bonds is 3. The molecule has 3 aromatic rings. The Morgan fingerprint density at radius 2 is 1.93 bits per heavy atom. The van der Waals surface area contributed by atoms with Crippen molar-refractivity contribution in [2.24, 2.45) is 0 Å². The second-order valence-corrected chi connectivity index (χ2v) is 6.18. The van der Waals surface area contributed by atoms with Crippen molar-refractivity contribution in [3.63, 3.8) is 0 Å². The summed E-state index contributed by atoms with van der Waals surface area (Å²) in [5, 5.41) is 12.2. The molecule has 0 spiro atoms. The van der Waals surface area contributed by atoms with Crippen molar-refractivity contribution < 1.29 is 4.79 Å². The highest BCUT2D eigenvalue weighted by atomic mass is 16.1. The lowest BCUT2D eigenvalue weighted by atomic mass is 10.1. The van der Waals surface area contributed by atoms with Crippen molar-refractivity contribution in [1.29, 1.82) is 5.26 Å². The molecule has 2 aromatic heterocycles. The van der Waals surface area contributed by atoms with Crippen LogP contribution < -0.4 is 10.9 Å². The third-order valence-corrected chi connectivity index (χ3v) is 4.44. The third kappa shape index (κ3) is 3.02. The Bertz CT molecular complexity index is 1190. The minimum Gasteiger partial charge on any atom is -0.354 e. The summed E-state index contributed by atoms with van der Waals surface area (Å²) in [7, 11) is 1.47. The van der Waals surface area contributed by atoms with E-state index in [1.165, 1.54) is 17.8 Å². The number of benzene rings is 1. The number of nitrogens with zero attached hydrogens (tertiary/aromatic N) is 4. The number of nitriles is 1. The van der Waals surface area contributed by atoms with Crippen molar-refractivity contribution in [2.45, 2.75) is 20.8 Å². The number of likely N-dealkylation sites (N-methyl/N-ethyl adjacent to an activating group) is 1. The Labute approximate surface area is 156 Å². The molecule has 0 saturated heterocycles. The van der Waals surface area contributed by atoms with Gasteiger partial charge in [0.1, 0.15) is 17.5 Å². The van der Waals surface area contributed by atoms with Crippen molar-refractivity contribution in [3.8, 4) is 6.07 Å². The number of aromatic nitrogens is 3. The van der Waals surface area contributed by atoms with Crippen LogP contribution in [0, 0.1) is 32.1 Å². The molecule has 136 valence electrons. The molecule has 0 unspecified atom stereocenters. The summed E-state index contributed by atoms with van der Waals surface area (Å²) in [6.45, 7) is 5.46. The molecule has 1 amide bonds. The molecular formula is C20H19N5O2. The first-order chi connectivity index (χ1) is 12.9. The maximum atomic E-state index is 13.1. The lowest BCUT2D eigenvalue weighted by Gasteiger charge is -2.16. The normalized spacial score (nSPS) is 11.4. The largest absolute Gasteiger partial charge is 0.354 e. The molecule has 27 heavy (non-hydrogen) atoms. The minimum atomic E-state index is -0.456. The van der Waals surface area contributed by atoms with E-state index in [1.807, 2.05) is 32.0 Å². The Morgan fingerprint density at radius 1 is 1.22 bits per heavy atom.